The summed E-state index contributed by atoms with van der Waals surface area (Å²) in [4.78, 5) is 17.0. The van der Waals surface area contributed by atoms with Crippen molar-refractivity contribution in [2.75, 3.05) is 26.7 Å². The molecule has 1 unspecified atom stereocenters. The smallest absolute Gasteiger partial charge is 0.410 e. The molecule has 4 nitrogen and oxygen atoms in total. The van der Waals surface area contributed by atoms with Gasteiger partial charge in [0.2, 0.25) is 0 Å². The minimum Gasteiger partial charge on any atom is -0.445 e. The summed E-state index contributed by atoms with van der Waals surface area (Å²) >= 11 is 0. The van der Waals surface area contributed by atoms with Crippen LogP contribution in [-0.2, 0) is 17.8 Å². The lowest BCUT2D eigenvalue weighted by Gasteiger charge is -2.34. The van der Waals surface area contributed by atoms with Gasteiger partial charge in [-0.25, -0.2) is 4.79 Å². The summed E-state index contributed by atoms with van der Waals surface area (Å²) < 4.78 is 5.54. The molecule has 1 saturated heterocycles. The molecule has 0 aromatic heterocycles. The van der Waals surface area contributed by atoms with Crippen LogP contribution in [0.4, 0.5) is 4.79 Å². The standard InChI is InChI=1S/C30H42N2O2/c1-24-11-13-25(14-12-24)9-6-10-26-17-19-32(20-18-26)22-28-15-16-29(21-28)31(2)30(33)34-23-27-7-4-3-5-8-27/h3-5,7-8,11-14,26,28-29H,6,9-10,15-23H2,1-2H3/t28-,29?/m1/s1. The first-order valence-electron chi connectivity index (χ1n) is 13.3. The topological polar surface area (TPSA) is 32.8 Å². The van der Waals surface area contributed by atoms with Gasteiger partial charge in [-0.05, 0) is 87.9 Å². The summed E-state index contributed by atoms with van der Waals surface area (Å²) in [5.41, 5.74) is 3.86. The highest BCUT2D eigenvalue weighted by Crippen LogP contribution is 2.31. The number of nitrogens with zero attached hydrogens (tertiary/aromatic N) is 2. The molecule has 2 aromatic carbocycles. The van der Waals surface area contributed by atoms with Crippen LogP contribution in [0.3, 0.4) is 0 Å². The lowest BCUT2D eigenvalue weighted by atomic mass is 9.90. The van der Waals surface area contributed by atoms with Gasteiger partial charge in [-0.3, -0.25) is 0 Å². The fraction of sp³-hybridized carbons (Fsp3) is 0.567. The Labute approximate surface area is 206 Å². The molecule has 34 heavy (non-hydrogen) atoms. The van der Waals surface area contributed by atoms with Crippen LogP contribution in [0.5, 0.6) is 0 Å². The van der Waals surface area contributed by atoms with E-state index in [1.165, 1.54) is 69.3 Å². The van der Waals surface area contributed by atoms with Gasteiger partial charge in [0.25, 0.3) is 0 Å². The maximum Gasteiger partial charge on any atom is 0.410 e. The Morgan fingerprint density at radius 2 is 1.68 bits per heavy atom. The van der Waals surface area contributed by atoms with Crippen molar-refractivity contribution in [3.63, 3.8) is 0 Å². The Morgan fingerprint density at radius 1 is 0.941 bits per heavy atom. The number of carbonyl (C=O) groups is 1. The Bertz CT molecular complexity index is 874. The molecule has 0 spiro atoms. The average molecular weight is 463 g/mol. The summed E-state index contributed by atoms with van der Waals surface area (Å²) in [7, 11) is 1.91. The second kappa shape index (κ2) is 12.4. The van der Waals surface area contributed by atoms with Gasteiger partial charge in [0.1, 0.15) is 6.61 Å². The van der Waals surface area contributed by atoms with E-state index in [4.69, 9.17) is 4.74 Å². The van der Waals surface area contributed by atoms with Crippen LogP contribution in [0.1, 0.15) is 61.6 Å². The van der Waals surface area contributed by atoms with E-state index in [0.29, 0.717) is 18.6 Å². The van der Waals surface area contributed by atoms with Crippen LogP contribution in [0.25, 0.3) is 0 Å². The first-order chi connectivity index (χ1) is 16.6. The number of hydrogen-bond acceptors (Lipinski definition) is 3. The average Bonchev–Trinajstić information content (AvgIpc) is 3.33. The van der Waals surface area contributed by atoms with E-state index in [1.54, 1.807) is 0 Å². The van der Waals surface area contributed by atoms with Crippen molar-refractivity contribution < 1.29 is 9.53 Å². The van der Waals surface area contributed by atoms with Gasteiger partial charge in [-0.1, -0.05) is 66.6 Å². The van der Waals surface area contributed by atoms with Gasteiger partial charge >= 0.3 is 6.09 Å². The van der Waals surface area contributed by atoms with Crippen LogP contribution in [0, 0.1) is 18.8 Å². The Morgan fingerprint density at radius 3 is 2.41 bits per heavy atom. The number of aryl methyl sites for hydroxylation is 2. The normalized spacial score (nSPS) is 21.5. The zero-order valence-corrected chi connectivity index (χ0v) is 21.1. The summed E-state index contributed by atoms with van der Waals surface area (Å²) in [6.07, 6.45) is 9.80. The lowest BCUT2D eigenvalue weighted by molar-refractivity contribution is 0.0901. The molecule has 1 amide bonds. The van der Waals surface area contributed by atoms with E-state index in [0.717, 1.165) is 24.3 Å². The number of likely N-dealkylation sites (tertiary alicyclic amines) is 1. The number of ether oxygens (including phenoxy) is 1. The molecule has 1 aliphatic heterocycles. The van der Waals surface area contributed by atoms with Gasteiger partial charge in [-0.15, -0.1) is 0 Å². The third-order valence-electron chi connectivity index (χ3n) is 7.98. The number of amides is 1. The fourth-order valence-corrected chi connectivity index (χ4v) is 5.71. The second-order valence-corrected chi connectivity index (χ2v) is 10.6. The zero-order chi connectivity index (χ0) is 23.8. The van der Waals surface area contributed by atoms with Crippen molar-refractivity contribution in [3.05, 3.63) is 71.3 Å². The predicted molar refractivity (Wildman–Crippen MR) is 139 cm³/mol. The molecule has 2 atom stereocenters. The van der Waals surface area contributed by atoms with Crippen LogP contribution in [0.15, 0.2) is 54.6 Å². The van der Waals surface area contributed by atoms with Crippen molar-refractivity contribution in [3.8, 4) is 0 Å². The number of carbonyl (C=O) groups excluding carboxylic acids is 1. The van der Waals surface area contributed by atoms with Crippen LogP contribution in [0.2, 0.25) is 0 Å². The van der Waals surface area contributed by atoms with Gasteiger partial charge in [0.05, 0.1) is 0 Å². The fourth-order valence-electron chi connectivity index (χ4n) is 5.71. The Kier molecular flexibility index (Phi) is 9.04. The highest BCUT2D eigenvalue weighted by molar-refractivity contribution is 5.67. The number of hydrogen-bond donors (Lipinski definition) is 0. The monoisotopic (exact) mass is 462 g/mol. The third-order valence-corrected chi connectivity index (χ3v) is 7.98. The van der Waals surface area contributed by atoms with Crippen molar-refractivity contribution in [2.24, 2.45) is 11.8 Å². The van der Waals surface area contributed by atoms with E-state index in [-0.39, 0.29) is 6.09 Å². The summed E-state index contributed by atoms with van der Waals surface area (Å²) in [6, 6.07) is 19.3. The summed E-state index contributed by atoms with van der Waals surface area (Å²) in [5, 5.41) is 0. The molecule has 2 fully saturated rings. The van der Waals surface area contributed by atoms with Crippen molar-refractivity contribution in [1.82, 2.24) is 9.80 Å². The van der Waals surface area contributed by atoms with Crippen molar-refractivity contribution >= 4 is 6.09 Å². The molecule has 0 bridgehead atoms. The summed E-state index contributed by atoms with van der Waals surface area (Å²) in [6.45, 7) is 6.18. The van der Waals surface area contributed by atoms with E-state index in [1.807, 2.05) is 42.3 Å². The van der Waals surface area contributed by atoms with Gasteiger partial charge in [0, 0.05) is 19.6 Å². The molecular weight excluding hydrogens is 420 g/mol. The Balaban J connectivity index is 1.11. The first kappa shape index (κ1) is 24.8. The highest BCUT2D eigenvalue weighted by atomic mass is 16.6. The number of benzene rings is 2. The van der Waals surface area contributed by atoms with Gasteiger partial charge in [-0.2, -0.15) is 0 Å². The minimum atomic E-state index is -0.194. The number of rotatable bonds is 9. The lowest BCUT2D eigenvalue weighted by Crippen LogP contribution is -2.38. The first-order valence-corrected chi connectivity index (χ1v) is 13.3. The van der Waals surface area contributed by atoms with Crippen LogP contribution < -0.4 is 0 Å². The molecule has 2 aliphatic rings. The SMILES string of the molecule is Cc1ccc(CCCC2CCN(C[C@@H]3CCC(N(C)C(=O)OCc4ccccc4)C3)CC2)cc1. The quantitative estimate of drug-likeness (QED) is 0.428. The van der Waals surface area contributed by atoms with Gasteiger partial charge in [0.15, 0.2) is 0 Å². The molecule has 0 radical (unpaired) electrons. The summed E-state index contributed by atoms with van der Waals surface area (Å²) in [5.74, 6) is 1.59. The Hall–Kier alpha value is -2.33. The number of piperidine rings is 1. The molecule has 4 rings (SSSR count). The van der Waals surface area contributed by atoms with E-state index in [9.17, 15) is 4.79 Å². The molecule has 0 N–H and O–H groups in total. The van der Waals surface area contributed by atoms with Crippen molar-refractivity contribution in [1.29, 1.82) is 0 Å². The van der Waals surface area contributed by atoms with E-state index < -0.39 is 0 Å². The molecule has 1 aliphatic carbocycles. The largest absolute Gasteiger partial charge is 0.445 e. The predicted octanol–water partition coefficient (Wildman–Crippen LogP) is 6.47. The van der Waals surface area contributed by atoms with E-state index >= 15 is 0 Å². The molecule has 2 aromatic rings. The minimum absolute atomic E-state index is 0.194. The molecule has 4 heteroatoms. The highest BCUT2D eigenvalue weighted by Gasteiger charge is 2.32. The van der Waals surface area contributed by atoms with Crippen molar-refractivity contribution in [2.45, 2.75) is 70.9 Å². The zero-order valence-electron chi connectivity index (χ0n) is 21.1. The van der Waals surface area contributed by atoms with Crippen LogP contribution >= 0.6 is 0 Å². The molecule has 1 heterocycles. The molecule has 1 saturated carbocycles. The van der Waals surface area contributed by atoms with E-state index in [2.05, 4.69) is 36.1 Å². The maximum absolute atomic E-state index is 12.5. The van der Waals surface area contributed by atoms with Gasteiger partial charge < -0.3 is 14.5 Å². The third kappa shape index (κ3) is 7.33. The molecular formula is C30H42N2O2. The maximum atomic E-state index is 12.5. The second-order valence-electron chi connectivity index (χ2n) is 10.6. The molecule has 184 valence electrons. The van der Waals surface area contributed by atoms with Crippen LogP contribution in [-0.4, -0.2) is 48.6 Å².